The normalized spacial score (nSPS) is 22.6. The van der Waals surface area contributed by atoms with E-state index in [0.717, 1.165) is 0 Å². The molecule has 0 aromatic carbocycles. The second kappa shape index (κ2) is 5.69. The molecule has 2 amide bonds. The molecule has 6 heteroatoms. The van der Waals surface area contributed by atoms with Crippen molar-refractivity contribution in [3.8, 4) is 0 Å². The minimum Gasteiger partial charge on any atom is -0.480 e. The standard InChI is InChI=1S/C10H18N2O4/c1-3-8(9(13)14)11-10(15)12-4-5-16-6-7(12)2/h7-8H,3-6H2,1-2H3,(H,11,15)(H,13,14)/t7?,8-/m0/s1. The molecule has 92 valence electrons. The summed E-state index contributed by atoms with van der Waals surface area (Å²) in [6, 6.07) is -1.16. The molecule has 1 fully saturated rings. The van der Waals surface area contributed by atoms with Crippen molar-refractivity contribution < 1.29 is 19.4 Å². The first-order chi connectivity index (χ1) is 7.56. The van der Waals surface area contributed by atoms with E-state index in [2.05, 4.69) is 5.32 Å². The molecule has 2 N–H and O–H groups in total. The maximum Gasteiger partial charge on any atom is 0.326 e. The van der Waals surface area contributed by atoms with Crippen LogP contribution in [-0.2, 0) is 9.53 Å². The van der Waals surface area contributed by atoms with Crippen molar-refractivity contribution in [2.45, 2.75) is 32.4 Å². The number of urea groups is 1. The lowest BCUT2D eigenvalue weighted by molar-refractivity contribution is -0.139. The van der Waals surface area contributed by atoms with Crippen LogP contribution in [0.4, 0.5) is 4.79 Å². The van der Waals surface area contributed by atoms with Gasteiger partial charge in [-0.05, 0) is 13.3 Å². The Morgan fingerprint density at radius 1 is 1.62 bits per heavy atom. The number of carboxylic acid groups (broad SMARTS) is 1. The lowest BCUT2D eigenvalue weighted by Crippen LogP contribution is -2.54. The summed E-state index contributed by atoms with van der Waals surface area (Å²) < 4.78 is 5.20. The Hall–Kier alpha value is -1.30. The van der Waals surface area contributed by atoms with Crippen LogP contribution in [0.15, 0.2) is 0 Å². The molecule has 16 heavy (non-hydrogen) atoms. The maximum atomic E-state index is 11.8. The van der Waals surface area contributed by atoms with E-state index in [9.17, 15) is 9.59 Å². The summed E-state index contributed by atoms with van der Waals surface area (Å²) in [5, 5.41) is 11.3. The van der Waals surface area contributed by atoms with Gasteiger partial charge in [-0.1, -0.05) is 6.92 Å². The highest BCUT2D eigenvalue weighted by Crippen LogP contribution is 2.06. The van der Waals surface area contributed by atoms with Crippen LogP contribution in [0, 0.1) is 0 Å². The van der Waals surface area contributed by atoms with Crippen LogP contribution in [0.3, 0.4) is 0 Å². The average molecular weight is 230 g/mol. The fourth-order valence-electron chi connectivity index (χ4n) is 1.60. The van der Waals surface area contributed by atoms with E-state index in [1.807, 2.05) is 6.92 Å². The summed E-state index contributed by atoms with van der Waals surface area (Å²) in [4.78, 5) is 24.2. The van der Waals surface area contributed by atoms with Crippen molar-refractivity contribution in [3.05, 3.63) is 0 Å². The van der Waals surface area contributed by atoms with E-state index in [-0.39, 0.29) is 12.1 Å². The fraction of sp³-hybridized carbons (Fsp3) is 0.800. The first-order valence-electron chi connectivity index (χ1n) is 5.44. The van der Waals surface area contributed by atoms with Crippen LogP contribution < -0.4 is 5.32 Å². The van der Waals surface area contributed by atoms with Gasteiger partial charge in [0.1, 0.15) is 6.04 Å². The van der Waals surface area contributed by atoms with Crippen LogP contribution in [0.5, 0.6) is 0 Å². The minimum atomic E-state index is -1.00. The van der Waals surface area contributed by atoms with E-state index in [1.54, 1.807) is 11.8 Å². The molecule has 0 aromatic heterocycles. The molecule has 0 bridgehead atoms. The van der Waals surface area contributed by atoms with Crippen molar-refractivity contribution >= 4 is 12.0 Å². The molecule has 1 saturated heterocycles. The third-order valence-electron chi connectivity index (χ3n) is 2.63. The monoisotopic (exact) mass is 230 g/mol. The zero-order valence-electron chi connectivity index (χ0n) is 9.60. The summed E-state index contributed by atoms with van der Waals surface area (Å²) in [5.41, 5.74) is 0. The average Bonchev–Trinajstić information content (AvgIpc) is 2.25. The zero-order valence-corrected chi connectivity index (χ0v) is 9.60. The number of carboxylic acids is 1. The SMILES string of the molecule is CC[C@H](NC(=O)N1CCOCC1C)C(=O)O. The Morgan fingerprint density at radius 2 is 2.31 bits per heavy atom. The van der Waals surface area contributed by atoms with Gasteiger partial charge >= 0.3 is 12.0 Å². The number of carbonyl (C=O) groups excluding carboxylic acids is 1. The lowest BCUT2D eigenvalue weighted by Gasteiger charge is -2.33. The third-order valence-corrected chi connectivity index (χ3v) is 2.63. The highest BCUT2D eigenvalue weighted by Gasteiger charge is 2.26. The van der Waals surface area contributed by atoms with Crippen molar-refractivity contribution in [2.75, 3.05) is 19.8 Å². The number of rotatable bonds is 3. The van der Waals surface area contributed by atoms with Gasteiger partial charge < -0.3 is 20.1 Å². The van der Waals surface area contributed by atoms with Crippen LogP contribution >= 0.6 is 0 Å². The Labute approximate surface area is 94.6 Å². The first-order valence-corrected chi connectivity index (χ1v) is 5.44. The van der Waals surface area contributed by atoms with E-state index >= 15 is 0 Å². The van der Waals surface area contributed by atoms with Gasteiger partial charge in [-0.2, -0.15) is 0 Å². The van der Waals surface area contributed by atoms with E-state index in [4.69, 9.17) is 9.84 Å². The van der Waals surface area contributed by atoms with E-state index < -0.39 is 12.0 Å². The first kappa shape index (κ1) is 12.8. The molecule has 0 aliphatic carbocycles. The lowest BCUT2D eigenvalue weighted by atomic mass is 10.2. The minimum absolute atomic E-state index is 0.0138. The Bertz CT molecular complexity index is 270. The van der Waals surface area contributed by atoms with Crippen LogP contribution in [0.1, 0.15) is 20.3 Å². The van der Waals surface area contributed by atoms with E-state index in [1.165, 1.54) is 0 Å². The highest BCUT2D eigenvalue weighted by atomic mass is 16.5. The molecular weight excluding hydrogens is 212 g/mol. The molecule has 0 aromatic rings. The Balaban J connectivity index is 2.52. The molecule has 0 saturated carbocycles. The second-order valence-corrected chi connectivity index (χ2v) is 3.87. The molecule has 1 aliphatic heterocycles. The van der Waals surface area contributed by atoms with Crippen LogP contribution in [0.2, 0.25) is 0 Å². The third kappa shape index (κ3) is 3.10. The number of morpholine rings is 1. The number of aliphatic carboxylic acids is 1. The van der Waals surface area contributed by atoms with Crippen LogP contribution in [-0.4, -0.2) is 53.8 Å². The predicted molar refractivity (Wildman–Crippen MR) is 57.2 cm³/mol. The number of hydrogen-bond donors (Lipinski definition) is 2. The number of nitrogens with zero attached hydrogens (tertiary/aromatic N) is 1. The molecule has 1 rings (SSSR count). The fourth-order valence-corrected chi connectivity index (χ4v) is 1.60. The van der Waals surface area contributed by atoms with Gasteiger partial charge in [-0.3, -0.25) is 0 Å². The molecule has 6 nitrogen and oxygen atoms in total. The van der Waals surface area contributed by atoms with Gasteiger partial charge in [-0.15, -0.1) is 0 Å². The Morgan fingerprint density at radius 3 is 2.81 bits per heavy atom. The number of ether oxygens (including phenoxy) is 1. The number of hydrogen-bond acceptors (Lipinski definition) is 3. The molecule has 1 aliphatic rings. The van der Waals surface area contributed by atoms with Gasteiger partial charge in [0.15, 0.2) is 0 Å². The van der Waals surface area contributed by atoms with Crippen molar-refractivity contribution in [1.29, 1.82) is 0 Å². The summed E-state index contributed by atoms with van der Waals surface area (Å²) in [6.45, 7) is 5.10. The number of carbonyl (C=O) groups is 2. The van der Waals surface area contributed by atoms with Crippen LogP contribution in [0.25, 0.3) is 0 Å². The summed E-state index contributed by atoms with van der Waals surface area (Å²) in [7, 11) is 0. The smallest absolute Gasteiger partial charge is 0.326 e. The van der Waals surface area contributed by atoms with E-state index in [0.29, 0.717) is 26.2 Å². The van der Waals surface area contributed by atoms with Crippen molar-refractivity contribution in [2.24, 2.45) is 0 Å². The van der Waals surface area contributed by atoms with Crippen molar-refractivity contribution in [3.63, 3.8) is 0 Å². The molecule has 0 radical (unpaired) electrons. The second-order valence-electron chi connectivity index (χ2n) is 3.87. The summed E-state index contributed by atoms with van der Waals surface area (Å²) >= 11 is 0. The number of amides is 2. The molecule has 0 spiro atoms. The summed E-state index contributed by atoms with van der Waals surface area (Å²) in [5.74, 6) is -1.00. The predicted octanol–water partition coefficient (Wildman–Crippen LogP) is 0.280. The van der Waals surface area contributed by atoms with Gasteiger partial charge in [0.2, 0.25) is 0 Å². The topological polar surface area (TPSA) is 78.9 Å². The maximum absolute atomic E-state index is 11.8. The van der Waals surface area contributed by atoms with Gasteiger partial charge in [0.25, 0.3) is 0 Å². The zero-order chi connectivity index (χ0) is 12.1. The quantitative estimate of drug-likeness (QED) is 0.730. The Kier molecular flexibility index (Phi) is 4.54. The molecular formula is C10H18N2O4. The summed E-state index contributed by atoms with van der Waals surface area (Å²) in [6.07, 6.45) is 0.375. The van der Waals surface area contributed by atoms with Gasteiger partial charge in [-0.25, -0.2) is 9.59 Å². The van der Waals surface area contributed by atoms with Gasteiger partial charge in [0.05, 0.1) is 19.3 Å². The number of nitrogens with one attached hydrogen (secondary N) is 1. The molecule has 1 heterocycles. The highest BCUT2D eigenvalue weighted by molar-refractivity contribution is 5.82. The molecule has 1 unspecified atom stereocenters. The molecule has 2 atom stereocenters. The largest absolute Gasteiger partial charge is 0.480 e. The van der Waals surface area contributed by atoms with Gasteiger partial charge in [0, 0.05) is 6.54 Å². The van der Waals surface area contributed by atoms with Crippen molar-refractivity contribution in [1.82, 2.24) is 10.2 Å².